The van der Waals surface area contributed by atoms with Crippen LogP contribution in [0.25, 0.3) is 11.1 Å². The van der Waals surface area contributed by atoms with Crippen LogP contribution in [0.5, 0.6) is 17.4 Å². The van der Waals surface area contributed by atoms with Crippen LogP contribution in [0.15, 0.2) is 28.9 Å². The van der Waals surface area contributed by atoms with Gasteiger partial charge in [-0.3, -0.25) is 4.79 Å². The third-order valence-electron chi connectivity index (χ3n) is 3.95. The summed E-state index contributed by atoms with van der Waals surface area (Å²) < 4.78 is 21.5. The lowest BCUT2D eigenvalue weighted by Gasteiger charge is -2.12. The molecule has 2 heterocycles. The van der Waals surface area contributed by atoms with Gasteiger partial charge in [0.15, 0.2) is 6.61 Å². The smallest absolute Gasteiger partial charge is 0.262 e. The summed E-state index contributed by atoms with van der Waals surface area (Å²) in [6.45, 7) is 3.51. The number of hydrogen-bond acceptors (Lipinski definition) is 7. The number of rotatable bonds is 6. The van der Waals surface area contributed by atoms with Crippen LogP contribution in [-0.2, 0) is 4.79 Å². The summed E-state index contributed by atoms with van der Waals surface area (Å²) in [6.07, 6.45) is 1.34. The summed E-state index contributed by atoms with van der Waals surface area (Å²) in [5.74, 6) is 1.81. The number of aromatic nitrogens is 2. The van der Waals surface area contributed by atoms with Gasteiger partial charge in [-0.25, -0.2) is 9.97 Å². The highest BCUT2D eigenvalue weighted by atomic mass is 16.5. The second-order valence-electron chi connectivity index (χ2n) is 5.55. The Hall–Kier alpha value is -3.29. The van der Waals surface area contributed by atoms with Gasteiger partial charge in [-0.15, -0.1) is 0 Å². The maximum Gasteiger partial charge on any atom is 0.262 e. The number of ether oxygens (including phenoxy) is 3. The number of nitrogens with zero attached hydrogens (tertiary/aromatic N) is 2. The van der Waals surface area contributed by atoms with E-state index in [0.717, 1.165) is 11.3 Å². The van der Waals surface area contributed by atoms with Crippen LogP contribution in [0.1, 0.15) is 11.3 Å². The minimum absolute atomic E-state index is 0.217. The van der Waals surface area contributed by atoms with Gasteiger partial charge < -0.3 is 23.9 Å². The summed E-state index contributed by atoms with van der Waals surface area (Å²) in [7, 11) is 3.07. The number of amides is 1. The van der Waals surface area contributed by atoms with Crippen molar-refractivity contribution in [3.8, 4) is 17.4 Å². The van der Waals surface area contributed by atoms with Gasteiger partial charge in [0, 0.05) is 11.6 Å². The first-order chi connectivity index (χ1) is 12.5. The molecule has 0 aliphatic rings. The van der Waals surface area contributed by atoms with Gasteiger partial charge in [0.25, 0.3) is 5.91 Å². The zero-order chi connectivity index (χ0) is 18.7. The Morgan fingerprint density at radius 2 is 2.00 bits per heavy atom. The first-order valence-corrected chi connectivity index (χ1v) is 7.89. The Bertz CT molecular complexity index is 951. The molecule has 0 aliphatic heterocycles. The van der Waals surface area contributed by atoms with Crippen LogP contribution in [0.4, 0.5) is 5.69 Å². The monoisotopic (exact) mass is 357 g/mol. The summed E-state index contributed by atoms with van der Waals surface area (Å²) in [4.78, 5) is 20.4. The third kappa shape index (κ3) is 3.39. The van der Waals surface area contributed by atoms with E-state index in [1.54, 1.807) is 25.3 Å². The highest BCUT2D eigenvalue weighted by Crippen LogP contribution is 2.30. The first-order valence-electron chi connectivity index (χ1n) is 7.89. The molecule has 1 amide bonds. The van der Waals surface area contributed by atoms with E-state index < -0.39 is 0 Å². The molecule has 3 aromatic rings. The van der Waals surface area contributed by atoms with Crippen LogP contribution in [0, 0.1) is 13.8 Å². The summed E-state index contributed by atoms with van der Waals surface area (Å²) >= 11 is 0. The molecule has 0 spiro atoms. The molecule has 0 aliphatic carbocycles. The largest absolute Gasteiger partial charge is 0.497 e. The Kier molecular flexibility index (Phi) is 4.92. The molecule has 1 N–H and O–H groups in total. The predicted octanol–water partition coefficient (Wildman–Crippen LogP) is 2.87. The fourth-order valence-electron chi connectivity index (χ4n) is 2.48. The van der Waals surface area contributed by atoms with Crippen molar-refractivity contribution in [1.82, 2.24) is 9.97 Å². The van der Waals surface area contributed by atoms with E-state index in [9.17, 15) is 4.79 Å². The Balaban J connectivity index is 1.72. The highest BCUT2D eigenvalue weighted by molar-refractivity contribution is 5.94. The number of hydrogen-bond donors (Lipinski definition) is 1. The van der Waals surface area contributed by atoms with Crippen molar-refractivity contribution < 1.29 is 23.4 Å². The standard InChI is InChI=1S/C18H19N3O5/c1-10-11(2)26-18-16(10)17(19-9-20-18)25-8-15(22)21-13-6-5-12(23-3)7-14(13)24-4/h5-7,9H,8H2,1-4H3,(H,21,22). The average molecular weight is 357 g/mol. The maximum absolute atomic E-state index is 12.2. The number of methoxy groups -OCH3 is 2. The molecular formula is C18H19N3O5. The minimum atomic E-state index is -0.349. The quantitative estimate of drug-likeness (QED) is 0.724. The lowest BCUT2D eigenvalue weighted by atomic mass is 10.2. The maximum atomic E-state index is 12.2. The SMILES string of the molecule is COc1ccc(NC(=O)COc2ncnc3oc(C)c(C)c23)c(OC)c1. The van der Waals surface area contributed by atoms with Crippen molar-refractivity contribution in [3.05, 3.63) is 35.9 Å². The number of carbonyl (C=O) groups is 1. The molecule has 8 heteroatoms. The molecule has 8 nitrogen and oxygen atoms in total. The van der Waals surface area contributed by atoms with Crippen LogP contribution in [-0.4, -0.2) is 36.7 Å². The van der Waals surface area contributed by atoms with E-state index in [-0.39, 0.29) is 12.5 Å². The molecule has 0 saturated carbocycles. The van der Waals surface area contributed by atoms with Gasteiger partial charge >= 0.3 is 0 Å². The molecule has 0 fully saturated rings. The number of anilines is 1. The van der Waals surface area contributed by atoms with Crippen molar-refractivity contribution in [2.45, 2.75) is 13.8 Å². The lowest BCUT2D eigenvalue weighted by molar-refractivity contribution is -0.118. The van der Waals surface area contributed by atoms with E-state index in [1.807, 2.05) is 13.8 Å². The fraction of sp³-hybridized carbons (Fsp3) is 0.278. The second kappa shape index (κ2) is 7.30. The minimum Gasteiger partial charge on any atom is -0.497 e. The van der Waals surface area contributed by atoms with Crippen LogP contribution >= 0.6 is 0 Å². The van der Waals surface area contributed by atoms with Crippen molar-refractivity contribution in [2.24, 2.45) is 0 Å². The second-order valence-corrected chi connectivity index (χ2v) is 5.55. The van der Waals surface area contributed by atoms with Gasteiger partial charge in [-0.05, 0) is 26.0 Å². The van der Waals surface area contributed by atoms with Gasteiger partial charge in [-0.2, -0.15) is 0 Å². The lowest BCUT2D eigenvalue weighted by Crippen LogP contribution is -2.21. The van der Waals surface area contributed by atoms with Crippen molar-refractivity contribution >= 4 is 22.7 Å². The highest BCUT2D eigenvalue weighted by Gasteiger charge is 2.16. The van der Waals surface area contributed by atoms with E-state index >= 15 is 0 Å². The molecule has 136 valence electrons. The van der Waals surface area contributed by atoms with E-state index in [2.05, 4.69) is 15.3 Å². The zero-order valence-electron chi connectivity index (χ0n) is 15.0. The number of benzene rings is 1. The van der Waals surface area contributed by atoms with Gasteiger partial charge in [0.05, 0.1) is 19.9 Å². The van der Waals surface area contributed by atoms with Crippen molar-refractivity contribution in [3.63, 3.8) is 0 Å². The van der Waals surface area contributed by atoms with Gasteiger partial charge in [0.1, 0.15) is 29.0 Å². The predicted molar refractivity (Wildman–Crippen MR) is 94.9 cm³/mol. The number of carbonyl (C=O) groups excluding carboxylic acids is 1. The molecule has 3 rings (SSSR count). The topological polar surface area (TPSA) is 95.7 Å². The summed E-state index contributed by atoms with van der Waals surface area (Å²) in [5.41, 5.74) is 1.83. The normalized spacial score (nSPS) is 10.6. The molecule has 0 atom stereocenters. The number of furan rings is 1. The molecule has 26 heavy (non-hydrogen) atoms. The summed E-state index contributed by atoms with van der Waals surface area (Å²) in [6, 6.07) is 5.11. The molecule has 2 aromatic heterocycles. The fourth-order valence-corrected chi connectivity index (χ4v) is 2.48. The molecule has 0 unspecified atom stereocenters. The van der Waals surface area contributed by atoms with E-state index in [0.29, 0.717) is 34.2 Å². The molecule has 0 bridgehead atoms. The average Bonchev–Trinajstić information content (AvgIpc) is 2.95. The number of nitrogens with one attached hydrogen (secondary N) is 1. The number of aryl methyl sites for hydroxylation is 2. The molecule has 0 radical (unpaired) electrons. The molecule has 0 saturated heterocycles. The van der Waals surface area contributed by atoms with Gasteiger partial charge in [-0.1, -0.05) is 0 Å². The van der Waals surface area contributed by atoms with E-state index in [1.165, 1.54) is 13.4 Å². The van der Waals surface area contributed by atoms with E-state index in [4.69, 9.17) is 18.6 Å². The van der Waals surface area contributed by atoms with Crippen LogP contribution in [0.3, 0.4) is 0 Å². The van der Waals surface area contributed by atoms with Crippen LogP contribution < -0.4 is 19.5 Å². The third-order valence-corrected chi connectivity index (χ3v) is 3.95. The summed E-state index contributed by atoms with van der Waals surface area (Å²) in [5, 5.41) is 3.41. The Morgan fingerprint density at radius 1 is 1.19 bits per heavy atom. The Morgan fingerprint density at radius 3 is 2.73 bits per heavy atom. The van der Waals surface area contributed by atoms with Gasteiger partial charge in [0.2, 0.25) is 11.6 Å². The number of fused-ring (bicyclic) bond motifs is 1. The first kappa shape index (κ1) is 17.5. The van der Waals surface area contributed by atoms with Crippen molar-refractivity contribution in [2.75, 3.05) is 26.1 Å². The molecular weight excluding hydrogens is 338 g/mol. The van der Waals surface area contributed by atoms with Crippen LogP contribution in [0.2, 0.25) is 0 Å². The van der Waals surface area contributed by atoms with Crippen molar-refractivity contribution in [1.29, 1.82) is 0 Å². The Labute approximate surface area is 150 Å². The molecule has 1 aromatic carbocycles. The zero-order valence-corrected chi connectivity index (χ0v) is 15.0.